The van der Waals surface area contributed by atoms with Crippen LogP contribution in [-0.2, 0) is 24.2 Å². The van der Waals surface area contributed by atoms with Crippen molar-refractivity contribution in [3.8, 4) is 0 Å². The fourth-order valence-electron chi connectivity index (χ4n) is 3.99. The zero-order chi connectivity index (χ0) is 19.7. The number of rotatable bonds is 5. The van der Waals surface area contributed by atoms with Crippen LogP contribution < -0.4 is 0 Å². The fraction of sp³-hybridized carbons (Fsp3) is 0.545. The number of methoxy groups -OCH3 is 1. The number of likely N-dealkylation sites (tertiary alicyclic amines) is 1. The van der Waals surface area contributed by atoms with E-state index in [9.17, 15) is 4.79 Å². The number of benzene rings is 1. The average Bonchev–Trinajstić information content (AvgIpc) is 3.34. The Morgan fingerprint density at radius 3 is 2.75 bits per heavy atom. The highest BCUT2D eigenvalue weighted by Crippen LogP contribution is 2.24. The number of hydrogen-bond acceptors (Lipinski definition) is 5. The Bertz CT molecular complexity index is 828. The zero-order valence-corrected chi connectivity index (χ0v) is 17.0. The number of amides is 1. The lowest BCUT2D eigenvalue weighted by Crippen LogP contribution is -2.30. The fourth-order valence-corrected chi connectivity index (χ4v) is 3.99. The topological polar surface area (TPSA) is 58.8 Å². The van der Waals surface area contributed by atoms with E-state index in [-0.39, 0.29) is 17.9 Å². The number of aromatic nitrogens is 1. The summed E-state index contributed by atoms with van der Waals surface area (Å²) < 4.78 is 11.2. The maximum atomic E-state index is 12.7. The van der Waals surface area contributed by atoms with Crippen LogP contribution in [0.25, 0.3) is 0 Å². The first kappa shape index (κ1) is 19.2. The molecule has 1 aromatic carbocycles. The normalized spacial score (nSPS) is 20.0. The van der Waals surface area contributed by atoms with Crippen molar-refractivity contribution in [2.45, 2.75) is 51.8 Å². The number of carbonyl (C=O) groups is 1. The van der Waals surface area contributed by atoms with Crippen molar-refractivity contribution in [1.82, 2.24) is 14.8 Å². The van der Waals surface area contributed by atoms with Crippen molar-refractivity contribution in [3.63, 3.8) is 0 Å². The van der Waals surface area contributed by atoms with E-state index in [2.05, 4.69) is 48.0 Å². The van der Waals surface area contributed by atoms with Gasteiger partial charge in [0.25, 0.3) is 5.89 Å². The first-order valence-corrected chi connectivity index (χ1v) is 10.2. The van der Waals surface area contributed by atoms with Crippen molar-refractivity contribution in [3.05, 3.63) is 52.7 Å². The highest BCUT2D eigenvalue weighted by molar-refractivity contribution is 5.90. The molecule has 0 radical (unpaired) electrons. The molecular formula is C22H29N3O3. The van der Waals surface area contributed by atoms with Gasteiger partial charge in [-0.15, -0.1) is 0 Å². The molecule has 0 spiro atoms. The molecule has 0 aliphatic carbocycles. The molecule has 0 bridgehead atoms. The lowest BCUT2D eigenvalue weighted by molar-refractivity contribution is 0.0687. The molecule has 4 rings (SSSR count). The van der Waals surface area contributed by atoms with Crippen LogP contribution in [0.15, 0.2) is 28.7 Å². The van der Waals surface area contributed by atoms with Crippen LogP contribution in [0, 0.1) is 0 Å². The summed E-state index contributed by atoms with van der Waals surface area (Å²) in [5, 5.41) is 0. The Hall–Kier alpha value is -2.18. The van der Waals surface area contributed by atoms with E-state index in [1.54, 1.807) is 12.0 Å². The minimum Gasteiger partial charge on any atom is -0.437 e. The van der Waals surface area contributed by atoms with Gasteiger partial charge < -0.3 is 14.1 Å². The first-order chi connectivity index (χ1) is 13.5. The Morgan fingerprint density at radius 2 is 2.07 bits per heavy atom. The second-order valence-electron chi connectivity index (χ2n) is 8.14. The van der Waals surface area contributed by atoms with Crippen molar-refractivity contribution in [2.24, 2.45) is 0 Å². The lowest BCUT2D eigenvalue weighted by atomic mass is 10.0. The molecule has 6 heteroatoms. The molecular weight excluding hydrogens is 354 g/mol. The molecule has 1 saturated heterocycles. The van der Waals surface area contributed by atoms with E-state index in [4.69, 9.17) is 9.15 Å². The lowest BCUT2D eigenvalue weighted by Gasteiger charge is -2.25. The summed E-state index contributed by atoms with van der Waals surface area (Å²) in [5.41, 5.74) is 3.56. The van der Waals surface area contributed by atoms with Gasteiger partial charge in [0.1, 0.15) is 5.76 Å². The molecule has 2 aromatic rings. The second-order valence-corrected chi connectivity index (χ2v) is 8.14. The summed E-state index contributed by atoms with van der Waals surface area (Å²) in [6, 6.07) is 8.85. The minimum atomic E-state index is -0.121. The summed E-state index contributed by atoms with van der Waals surface area (Å²) in [7, 11) is 1.69. The molecule has 1 atom stereocenters. The van der Waals surface area contributed by atoms with Crippen LogP contribution in [0.1, 0.15) is 59.5 Å². The van der Waals surface area contributed by atoms with E-state index >= 15 is 0 Å². The quantitative estimate of drug-likeness (QED) is 0.793. The summed E-state index contributed by atoms with van der Waals surface area (Å²) in [4.78, 5) is 21.4. The van der Waals surface area contributed by atoms with Gasteiger partial charge in [-0.1, -0.05) is 38.1 Å². The third kappa shape index (κ3) is 3.98. The van der Waals surface area contributed by atoms with E-state index in [1.165, 1.54) is 11.1 Å². The molecule has 1 aromatic heterocycles. The van der Waals surface area contributed by atoms with Crippen molar-refractivity contribution < 1.29 is 13.9 Å². The van der Waals surface area contributed by atoms with Crippen molar-refractivity contribution >= 4 is 5.91 Å². The Kier molecular flexibility index (Phi) is 5.51. The average molecular weight is 383 g/mol. The summed E-state index contributed by atoms with van der Waals surface area (Å²) in [6.07, 6.45) is 1.78. The van der Waals surface area contributed by atoms with Crippen LogP contribution in [0.3, 0.4) is 0 Å². The molecule has 150 valence electrons. The number of oxazole rings is 1. The minimum absolute atomic E-state index is 0.117. The van der Waals surface area contributed by atoms with Crippen LogP contribution in [-0.4, -0.2) is 53.5 Å². The third-order valence-corrected chi connectivity index (χ3v) is 5.81. The second kappa shape index (κ2) is 8.05. The van der Waals surface area contributed by atoms with Crippen molar-refractivity contribution in [2.75, 3.05) is 26.7 Å². The highest BCUT2D eigenvalue weighted by Gasteiger charge is 2.31. The smallest absolute Gasteiger partial charge is 0.309 e. The Balaban J connectivity index is 1.39. The number of nitrogens with zero attached hydrogens (tertiary/aromatic N) is 3. The molecule has 6 nitrogen and oxygen atoms in total. The Labute approximate surface area is 166 Å². The maximum Gasteiger partial charge on any atom is 0.309 e. The van der Waals surface area contributed by atoms with E-state index in [0.717, 1.165) is 43.9 Å². The summed E-state index contributed by atoms with van der Waals surface area (Å²) in [6.45, 7) is 8.25. The molecule has 0 N–H and O–H groups in total. The molecule has 1 amide bonds. The third-order valence-electron chi connectivity index (χ3n) is 5.81. The van der Waals surface area contributed by atoms with Crippen LogP contribution in [0.2, 0.25) is 0 Å². The zero-order valence-electron chi connectivity index (χ0n) is 17.0. The van der Waals surface area contributed by atoms with Crippen molar-refractivity contribution in [1.29, 1.82) is 0 Å². The van der Waals surface area contributed by atoms with E-state index < -0.39 is 0 Å². The van der Waals surface area contributed by atoms with Gasteiger partial charge in [-0.3, -0.25) is 9.69 Å². The van der Waals surface area contributed by atoms with E-state index in [0.29, 0.717) is 19.0 Å². The largest absolute Gasteiger partial charge is 0.437 e. The monoisotopic (exact) mass is 383 g/mol. The molecule has 28 heavy (non-hydrogen) atoms. The van der Waals surface area contributed by atoms with Gasteiger partial charge in [-0.05, 0) is 23.5 Å². The summed E-state index contributed by atoms with van der Waals surface area (Å²) >= 11 is 0. The van der Waals surface area contributed by atoms with Gasteiger partial charge in [0.15, 0.2) is 0 Å². The maximum absolute atomic E-state index is 12.7. The number of ether oxygens (including phenoxy) is 1. The van der Waals surface area contributed by atoms with E-state index in [1.807, 2.05) is 0 Å². The van der Waals surface area contributed by atoms with Gasteiger partial charge in [-0.2, -0.15) is 0 Å². The highest BCUT2D eigenvalue weighted by atomic mass is 16.5. The van der Waals surface area contributed by atoms with Crippen LogP contribution in [0.4, 0.5) is 0 Å². The predicted octanol–water partition coefficient (Wildman–Crippen LogP) is 3.22. The van der Waals surface area contributed by atoms with Gasteiger partial charge in [0.2, 0.25) is 0 Å². The van der Waals surface area contributed by atoms with Gasteiger partial charge >= 0.3 is 5.91 Å². The first-order valence-electron chi connectivity index (χ1n) is 10.2. The van der Waals surface area contributed by atoms with Gasteiger partial charge in [-0.25, -0.2) is 4.98 Å². The SMILES string of the molecule is CO[C@H]1CCN(C(=O)c2nc3c(o2)CCN(Cc2ccc(C(C)C)cc2)C3)C1. The molecule has 0 unspecified atom stereocenters. The number of hydrogen-bond donors (Lipinski definition) is 0. The Morgan fingerprint density at radius 1 is 1.29 bits per heavy atom. The van der Waals surface area contributed by atoms with Gasteiger partial charge in [0, 0.05) is 46.3 Å². The standard InChI is InChI=1S/C22H29N3O3/c1-15(2)17-6-4-16(5-7-17)12-24-10-9-20-19(14-24)23-21(28-20)22(26)25-11-8-18(13-25)27-3/h4-7,15,18H,8-14H2,1-3H3/t18-/m0/s1. The van der Waals surface area contributed by atoms with Crippen LogP contribution >= 0.6 is 0 Å². The number of carbonyl (C=O) groups excluding carboxylic acids is 1. The molecule has 1 fully saturated rings. The number of fused-ring (bicyclic) bond motifs is 1. The molecule has 2 aliphatic heterocycles. The molecule has 0 saturated carbocycles. The molecule has 3 heterocycles. The van der Waals surface area contributed by atoms with Crippen LogP contribution in [0.5, 0.6) is 0 Å². The summed E-state index contributed by atoms with van der Waals surface area (Å²) in [5.74, 6) is 1.51. The molecule has 2 aliphatic rings. The predicted molar refractivity (Wildman–Crippen MR) is 106 cm³/mol. The van der Waals surface area contributed by atoms with Gasteiger partial charge in [0.05, 0.1) is 11.8 Å².